The van der Waals surface area contributed by atoms with Crippen LogP contribution in [0.2, 0.25) is 0 Å². The second-order valence-electron chi connectivity index (χ2n) is 5.09. The predicted molar refractivity (Wildman–Crippen MR) is 75.9 cm³/mol. The van der Waals surface area contributed by atoms with E-state index in [1.54, 1.807) is 13.8 Å². The minimum absolute atomic E-state index is 0.242. The van der Waals surface area contributed by atoms with Crippen molar-refractivity contribution in [2.24, 2.45) is 0 Å². The van der Waals surface area contributed by atoms with Crippen molar-refractivity contribution in [2.45, 2.75) is 51.5 Å². The largest absolute Gasteiger partial charge is 0.479 e. The van der Waals surface area contributed by atoms with E-state index in [-0.39, 0.29) is 18.4 Å². The van der Waals surface area contributed by atoms with Crippen LogP contribution in [0.3, 0.4) is 0 Å². The highest BCUT2D eigenvalue weighted by Crippen LogP contribution is 2.32. The van der Waals surface area contributed by atoms with Crippen LogP contribution in [0, 0.1) is 0 Å². The number of aliphatic carboxylic acids is 1. The molecule has 1 heterocycles. The molecule has 1 rings (SSSR count). The molecule has 1 saturated heterocycles. The average molecular weight is 300 g/mol. The van der Waals surface area contributed by atoms with Gasteiger partial charge in [0.1, 0.15) is 5.54 Å². The van der Waals surface area contributed by atoms with Crippen LogP contribution in [0.1, 0.15) is 46.0 Å². The zero-order chi connectivity index (χ0) is 15.9. The van der Waals surface area contributed by atoms with Crippen molar-refractivity contribution < 1.29 is 24.2 Å². The van der Waals surface area contributed by atoms with Crippen molar-refractivity contribution in [2.75, 3.05) is 19.7 Å². The molecule has 0 aromatic carbocycles. The van der Waals surface area contributed by atoms with Gasteiger partial charge < -0.3 is 20.1 Å². The molecule has 1 aliphatic rings. The number of carboxylic acid groups (broad SMARTS) is 1. The van der Waals surface area contributed by atoms with Gasteiger partial charge in [-0.2, -0.15) is 0 Å². The predicted octanol–water partition coefficient (Wildman–Crippen LogP) is 1.37. The first-order valence-electron chi connectivity index (χ1n) is 7.42. The van der Waals surface area contributed by atoms with Crippen molar-refractivity contribution in [1.82, 2.24) is 10.2 Å². The summed E-state index contributed by atoms with van der Waals surface area (Å²) in [7, 11) is 0. The maximum absolute atomic E-state index is 12.1. The van der Waals surface area contributed by atoms with Crippen molar-refractivity contribution in [3.05, 3.63) is 0 Å². The summed E-state index contributed by atoms with van der Waals surface area (Å²) < 4.78 is 4.79. The summed E-state index contributed by atoms with van der Waals surface area (Å²) >= 11 is 0. The van der Waals surface area contributed by atoms with Crippen molar-refractivity contribution in [3.63, 3.8) is 0 Å². The molecule has 7 heteroatoms. The number of ether oxygens (including phenoxy) is 1. The third kappa shape index (κ3) is 4.09. The number of hydrogen-bond donors (Lipinski definition) is 2. The van der Waals surface area contributed by atoms with Gasteiger partial charge in [-0.15, -0.1) is 0 Å². The molecule has 2 N–H and O–H groups in total. The lowest BCUT2D eigenvalue weighted by atomic mass is 9.93. The molecule has 0 spiro atoms. The van der Waals surface area contributed by atoms with Crippen molar-refractivity contribution in [3.8, 4) is 0 Å². The highest BCUT2D eigenvalue weighted by molar-refractivity contribution is 5.87. The van der Waals surface area contributed by atoms with Crippen LogP contribution < -0.4 is 5.32 Å². The molecule has 0 aliphatic carbocycles. The Balaban J connectivity index is 2.44. The number of carboxylic acids is 1. The molecule has 21 heavy (non-hydrogen) atoms. The van der Waals surface area contributed by atoms with Gasteiger partial charge >= 0.3 is 18.0 Å². The number of carbonyl (C=O) groups is 3. The fourth-order valence-electron chi connectivity index (χ4n) is 2.67. The molecule has 0 aromatic rings. The maximum Gasteiger partial charge on any atom is 0.329 e. The fraction of sp³-hybridized carbons (Fsp3) is 0.786. The molecule has 0 bridgehead atoms. The number of amides is 2. The van der Waals surface area contributed by atoms with Crippen LogP contribution in [0.5, 0.6) is 0 Å². The molecule has 0 aromatic heterocycles. The Hall–Kier alpha value is -1.79. The maximum atomic E-state index is 12.1. The molecular weight excluding hydrogens is 276 g/mol. The van der Waals surface area contributed by atoms with Gasteiger partial charge in [0.2, 0.25) is 0 Å². The second-order valence-corrected chi connectivity index (χ2v) is 5.09. The Labute approximate surface area is 124 Å². The summed E-state index contributed by atoms with van der Waals surface area (Å²) in [5.41, 5.74) is -1.09. The summed E-state index contributed by atoms with van der Waals surface area (Å²) in [4.78, 5) is 36.2. The van der Waals surface area contributed by atoms with Crippen molar-refractivity contribution >= 4 is 18.0 Å². The van der Waals surface area contributed by atoms with E-state index in [2.05, 4.69) is 5.32 Å². The number of urea groups is 1. The molecule has 0 saturated carbocycles. The second kappa shape index (κ2) is 7.85. The molecule has 1 fully saturated rings. The molecule has 1 unspecified atom stereocenters. The first-order valence-corrected chi connectivity index (χ1v) is 7.42. The summed E-state index contributed by atoms with van der Waals surface area (Å²) in [6, 6.07) is -0.374. The summed E-state index contributed by atoms with van der Waals surface area (Å²) in [5, 5.41) is 12.1. The van der Waals surface area contributed by atoms with E-state index in [9.17, 15) is 19.5 Å². The molecule has 120 valence electrons. The lowest BCUT2D eigenvalue weighted by molar-refractivity contribution is -0.148. The van der Waals surface area contributed by atoms with E-state index in [0.29, 0.717) is 45.4 Å². The Kier molecular flexibility index (Phi) is 6.45. The fourth-order valence-corrected chi connectivity index (χ4v) is 2.67. The summed E-state index contributed by atoms with van der Waals surface area (Å²) in [6.45, 7) is 4.64. The Bertz CT molecular complexity index is 399. The average Bonchev–Trinajstić information content (AvgIpc) is 2.89. The normalized spacial score (nSPS) is 21.1. The standard InChI is InChI=1S/C14H24N2O5/c1-3-14(12(18)19)8-6-10-16(14)13(20)15-9-5-7-11(17)21-4-2/h3-10H2,1-2H3,(H,15,20)(H,18,19). The van der Waals surface area contributed by atoms with E-state index >= 15 is 0 Å². The van der Waals surface area contributed by atoms with Crippen LogP contribution in [-0.4, -0.2) is 53.2 Å². The van der Waals surface area contributed by atoms with Crippen LogP contribution in [0.15, 0.2) is 0 Å². The first-order chi connectivity index (χ1) is 9.97. The number of carbonyl (C=O) groups excluding carboxylic acids is 2. The van der Waals surface area contributed by atoms with Gasteiger partial charge in [0.25, 0.3) is 0 Å². The Morgan fingerprint density at radius 2 is 2.05 bits per heavy atom. The molecular formula is C14H24N2O5. The highest BCUT2D eigenvalue weighted by Gasteiger charge is 2.48. The smallest absolute Gasteiger partial charge is 0.329 e. The van der Waals surface area contributed by atoms with E-state index in [0.717, 1.165) is 0 Å². The zero-order valence-corrected chi connectivity index (χ0v) is 12.7. The number of hydrogen-bond acceptors (Lipinski definition) is 4. The van der Waals surface area contributed by atoms with Gasteiger partial charge in [0.05, 0.1) is 6.61 Å². The lowest BCUT2D eigenvalue weighted by Crippen LogP contribution is -2.55. The Morgan fingerprint density at radius 3 is 2.62 bits per heavy atom. The SMILES string of the molecule is CCOC(=O)CCCNC(=O)N1CCCC1(CC)C(=O)O. The van der Waals surface area contributed by atoms with E-state index in [4.69, 9.17) is 4.74 Å². The third-order valence-corrected chi connectivity index (χ3v) is 3.86. The molecule has 0 radical (unpaired) electrons. The molecule has 1 aliphatic heterocycles. The molecule has 1 atom stereocenters. The van der Waals surface area contributed by atoms with Gasteiger partial charge in [-0.1, -0.05) is 6.92 Å². The monoisotopic (exact) mass is 300 g/mol. The van der Waals surface area contributed by atoms with Crippen LogP contribution >= 0.6 is 0 Å². The number of rotatable bonds is 7. The van der Waals surface area contributed by atoms with Gasteiger partial charge in [0, 0.05) is 19.5 Å². The topological polar surface area (TPSA) is 95.9 Å². The molecule has 7 nitrogen and oxygen atoms in total. The quantitative estimate of drug-likeness (QED) is 0.547. The number of nitrogens with zero attached hydrogens (tertiary/aromatic N) is 1. The zero-order valence-electron chi connectivity index (χ0n) is 12.7. The van der Waals surface area contributed by atoms with Crippen LogP contribution in [-0.2, 0) is 14.3 Å². The van der Waals surface area contributed by atoms with Gasteiger partial charge in [-0.25, -0.2) is 9.59 Å². The Morgan fingerprint density at radius 1 is 1.33 bits per heavy atom. The lowest BCUT2D eigenvalue weighted by Gasteiger charge is -2.33. The number of nitrogens with one attached hydrogen (secondary N) is 1. The van der Waals surface area contributed by atoms with Gasteiger partial charge in [-0.05, 0) is 32.6 Å². The van der Waals surface area contributed by atoms with Gasteiger partial charge in [0.15, 0.2) is 0 Å². The van der Waals surface area contributed by atoms with E-state index < -0.39 is 11.5 Å². The van der Waals surface area contributed by atoms with E-state index in [1.165, 1.54) is 4.90 Å². The highest BCUT2D eigenvalue weighted by atomic mass is 16.5. The van der Waals surface area contributed by atoms with Gasteiger partial charge in [-0.3, -0.25) is 4.79 Å². The molecule has 2 amide bonds. The minimum atomic E-state index is -1.09. The summed E-state index contributed by atoms with van der Waals surface area (Å²) in [5.74, 6) is -1.24. The number of likely N-dealkylation sites (tertiary alicyclic amines) is 1. The van der Waals surface area contributed by atoms with E-state index in [1.807, 2.05) is 0 Å². The summed E-state index contributed by atoms with van der Waals surface area (Å²) in [6.07, 6.45) is 2.28. The minimum Gasteiger partial charge on any atom is -0.479 e. The number of esters is 1. The van der Waals surface area contributed by atoms with Crippen LogP contribution in [0.4, 0.5) is 4.79 Å². The third-order valence-electron chi connectivity index (χ3n) is 3.86. The first kappa shape index (κ1) is 17.3. The van der Waals surface area contributed by atoms with Crippen molar-refractivity contribution in [1.29, 1.82) is 0 Å². The van der Waals surface area contributed by atoms with Crippen LogP contribution in [0.25, 0.3) is 0 Å².